The van der Waals surface area contributed by atoms with Crippen molar-refractivity contribution in [2.24, 2.45) is 0 Å². The Morgan fingerprint density at radius 3 is 0.947 bits per heavy atom. The first-order valence-corrected chi connectivity index (χ1v) is 5.86. The smallest absolute Gasteiger partial charge is 0.341 e. The molecule has 0 unspecified atom stereocenters. The van der Waals surface area contributed by atoms with Crippen molar-refractivity contribution in [1.82, 2.24) is 21.3 Å². The zero-order valence-electron chi connectivity index (χ0n) is 9.55. The van der Waals surface area contributed by atoms with Gasteiger partial charge in [0.15, 0.2) is 0 Å². The number of phosphoric acid groups is 1. The van der Waals surface area contributed by atoms with Gasteiger partial charge in [0.25, 0.3) is 0 Å². The van der Waals surface area contributed by atoms with Crippen LogP contribution in [0.25, 0.3) is 0 Å². The summed E-state index contributed by atoms with van der Waals surface area (Å²) in [6.07, 6.45) is 2.04. The van der Waals surface area contributed by atoms with E-state index < -0.39 is 7.82 Å². The first-order chi connectivity index (χ1) is 8.83. The van der Waals surface area contributed by atoms with Gasteiger partial charge in [-0.3, -0.25) is 19.2 Å². The standard InChI is InChI=1S/2C3H6N2O2.H3O4P/c2*6-2-4-1-5-3-7;1-5(2,3)4/h2*2-3H,1H2,(H,4,6)(H,5,7);(H3,1,2,3,4). The van der Waals surface area contributed by atoms with Gasteiger partial charge in [-0.15, -0.1) is 0 Å². The highest BCUT2D eigenvalue weighted by Gasteiger charge is 2.00. The van der Waals surface area contributed by atoms with Gasteiger partial charge in [0.1, 0.15) is 0 Å². The van der Waals surface area contributed by atoms with E-state index in [4.69, 9.17) is 19.2 Å². The van der Waals surface area contributed by atoms with Gasteiger partial charge in [-0.1, -0.05) is 0 Å². The first kappa shape index (κ1) is 22.2. The molecule has 0 bridgehead atoms. The third-order valence-corrected chi connectivity index (χ3v) is 0.742. The van der Waals surface area contributed by atoms with Crippen LogP contribution in [0, 0.1) is 0 Å². The minimum atomic E-state index is -4.64. The minimum Gasteiger partial charge on any atom is -0.341 e. The number of carbonyl (C=O) groups excluding carboxylic acids is 4. The zero-order chi connectivity index (χ0) is 15.6. The quantitative estimate of drug-likeness (QED) is 0.102. The van der Waals surface area contributed by atoms with Crippen molar-refractivity contribution >= 4 is 33.5 Å². The molecule has 13 heteroatoms. The molecular formula is C6H15N4O8P. The molecule has 4 amide bonds. The predicted octanol–water partition coefficient (Wildman–Crippen LogP) is -4.06. The Kier molecular flexibility index (Phi) is 21.4. The summed E-state index contributed by atoms with van der Waals surface area (Å²) in [6.45, 7) is 0.403. The van der Waals surface area contributed by atoms with Gasteiger partial charge < -0.3 is 35.9 Å². The molecule has 0 spiro atoms. The molecule has 0 saturated carbocycles. The molecule has 7 N–H and O–H groups in total. The van der Waals surface area contributed by atoms with Crippen LogP contribution in [-0.4, -0.2) is 53.7 Å². The molecule has 112 valence electrons. The fraction of sp³-hybridized carbons (Fsp3) is 0.333. The normalized spacial score (nSPS) is 8.16. The predicted molar refractivity (Wildman–Crippen MR) is 60.8 cm³/mol. The summed E-state index contributed by atoms with van der Waals surface area (Å²) in [7, 11) is -4.64. The molecule has 0 rings (SSSR count). The molecule has 0 aromatic rings. The van der Waals surface area contributed by atoms with Crippen LogP contribution in [0.4, 0.5) is 0 Å². The minimum absolute atomic E-state index is 0.201. The highest BCUT2D eigenvalue weighted by atomic mass is 31.2. The average Bonchev–Trinajstić information content (AvgIpc) is 2.29. The lowest BCUT2D eigenvalue weighted by atomic mass is 11.0. The van der Waals surface area contributed by atoms with E-state index in [2.05, 4.69) is 21.3 Å². The van der Waals surface area contributed by atoms with Crippen molar-refractivity contribution in [2.75, 3.05) is 13.3 Å². The second kappa shape index (κ2) is 18.4. The Bertz CT molecular complexity index is 240. The summed E-state index contributed by atoms with van der Waals surface area (Å²) in [5.74, 6) is 0. The fourth-order valence-corrected chi connectivity index (χ4v) is 0.285. The molecule has 0 fully saturated rings. The summed E-state index contributed by atoms with van der Waals surface area (Å²) in [5, 5.41) is 8.90. The Labute approximate surface area is 107 Å². The van der Waals surface area contributed by atoms with Crippen LogP contribution in [0.3, 0.4) is 0 Å². The summed E-state index contributed by atoms with van der Waals surface area (Å²) in [6, 6.07) is 0. The van der Waals surface area contributed by atoms with Crippen molar-refractivity contribution in [1.29, 1.82) is 0 Å². The van der Waals surface area contributed by atoms with E-state index in [0.29, 0.717) is 25.6 Å². The summed E-state index contributed by atoms with van der Waals surface area (Å²) in [4.78, 5) is 59.2. The lowest BCUT2D eigenvalue weighted by Gasteiger charge is -1.90. The Morgan fingerprint density at radius 1 is 0.684 bits per heavy atom. The fourth-order valence-electron chi connectivity index (χ4n) is 0.285. The summed E-state index contributed by atoms with van der Waals surface area (Å²) >= 11 is 0. The van der Waals surface area contributed by atoms with Crippen LogP contribution in [-0.2, 0) is 23.7 Å². The number of carbonyl (C=O) groups is 4. The lowest BCUT2D eigenvalue weighted by Crippen LogP contribution is -2.26. The largest absolute Gasteiger partial charge is 0.466 e. The van der Waals surface area contributed by atoms with Gasteiger partial charge in [-0.05, 0) is 0 Å². The average molecular weight is 302 g/mol. The number of nitrogens with one attached hydrogen (secondary N) is 4. The van der Waals surface area contributed by atoms with E-state index >= 15 is 0 Å². The zero-order valence-corrected chi connectivity index (χ0v) is 10.4. The van der Waals surface area contributed by atoms with Gasteiger partial charge >= 0.3 is 7.82 Å². The molecule has 0 aliphatic heterocycles. The van der Waals surface area contributed by atoms with Gasteiger partial charge in [0.2, 0.25) is 25.6 Å². The molecule has 12 nitrogen and oxygen atoms in total. The molecule has 0 saturated heterocycles. The number of rotatable bonds is 8. The summed E-state index contributed by atoms with van der Waals surface area (Å²) < 4.78 is 8.88. The SMILES string of the molecule is O=CNCNC=O.O=CNCNC=O.O=P(O)(O)O. The van der Waals surface area contributed by atoms with Crippen LogP contribution >= 0.6 is 7.82 Å². The topological polar surface area (TPSA) is 194 Å². The van der Waals surface area contributed by atoms with Crippen LogP contribution in [0.15, 0.2) is 0 Å². The van der Waals surface area contributed by atoms with Crippen LogP contribution in [0.5, 0.6) is 0 Å². The monoisotopic (exact) mass is 302 g/mol. The second-order valence-corrected chi connectivity index (χ2v) is 3.18. The Morgan fingerprint density at radius 2 is 0.842 bits per heavy atom. The van der Waals surface area contributed by atoms with E-state index in [-0.39, 0.29) is 13.3 Å². The molecular weight excluding hydrogens is 287 g/mol. The molecule has 0 heterocycles. The summed E-state index contributed by atoms with van der Waals surface area (Å²) in [5.41, 5.74) is 0. The van der Waals surface area contributed by atoms with E-state index in [1.807, 2.05) is 0 Å². The highest BCUT2D eigenvalue weighted by molar-refractivity contribution is 7.45. The van der Waals surface area contributed by atoms with Crippen LogP contribution in [0.2, 0.25) is 0 Å². The maximum Gasteiger partial charge on any atom is 0.466 e. The maximum atomic E-state index is 9.41. The Hall–Kier alpha value is -2.01. The third kappa shape index (κ3) is 87.2. The molecule has 0 aliphatic rings. The third-order valence-electron chi connectivity index (χ3n) is 0.742. The Balaban J connectivity index is -0.000000206. The van der Waals surface area contributed by atoms with Gasteiger partial charge in [-0.25, -0.2) is 4.57 Å². The molecule has 0 aliphatic carbocycles. The van der Waals surface area contributed by atoms with Crippen molar-refractivity contribution < 1.29 is 38.4 Å². The number of amides is 4. The lowest BCUT2D eigenvalue weighted by molar-refractivity contribution is -0.112. The molecule has 0 aromatic heterocycles. The van der Waals surface area contributed by atoms with Crippen molar-refractivity contribution in [3.63, 3.8) is 0 Å². The first-order valence-electron chi connectivity index (χ1n) is 4.29. The number of hydrogen-bond donors (Lipinski definition) is 7. The number of hydrogen-bond acceptors (Lipinski definition) is 5. The molecule has 19 heavy (non-hydrogen) atoms. The van der Waals surface area contributed by atoms with E-state index in [1.165, 1.54) is 0 Å². The van der Waals surface area contributed by atoms with Gasteiger partial charge in [0, 0.05) is 0 Å². The van der Waals surface area contributed by atoms with Crippen molar-refractivity contribution in [3.05, 3.63) is 0 Å². The van der Waals surface area contributed by atoms with E-state index in [1.54, 1.807) is 0 Å². The van der Waals surface area contributed by atoms with Crippen molar-refractivity contribution in [3.8, 4) is 0 Å². The molecule has 0 atom stereocenters. The van der Waals surface area contributed by atoms with Crippen LogP contribution in [0.1, 0.15) is 0 Å². The van der Waals surface area contributed by atoms with Crippen molar-refractivity contribution in [2.45, 2.75) is 0 Å². The van der Waals surface area contributed by atoms with E-state index in [9.17, 15) is 19.2 Å². The van der Waals surface area contributed by atoms with Gasteiger partial charge in [0.05, 0.1) is 13.3 Å². The van der Waals surface area contributed by atoms with Crippen LogP contribution < -0.4 is 21.3 Å². The maximum absolute atomic E-state index is 9.41. The highest BCUT2D eigenvalue weighted by Crippen LogP contribution is 2.25. The van der Waals surface area contributed by atoms with Gasteiger partial charge in [-0.2, -0.15) is 0 Å². The molecule has 0 aromatic carbocycles. The van der Waals surface area contributed by atoms with E-state index in [0.717, 1.165) is 0 Å². The second-order valence-electron chi connectivity index (χ2n) is 2.15. The molecule has 0 radical (unpaired) electrons.